The van der Waals surface area contributed by atoms with Gasteiger partial charge in [-0.2, -0.15) is 5.10 Å². The number of anilines is 1. The van der Waals surface area contributed by atoms with Crippen LogP contribution in [-0.4, -0.2) is 25.2 Å². The van der Waals surface area contributed by atoms with Crippen LogP contribution in [0, 0.1) is 5.82 Å². The normalized spacial score (nSPS) is 10.9. The smallest absolute Gasteiger partial charge is 0.280 e. The van der Waals surface area contributed by atoms with Gasteiger partial charge >= 0.3 is 0 Å². The minimum absolute atomic E-state index is 0.0442. The van der Waals surface area contributed by atoms with Crippen molar-refractivity contribution in [1.29, 1.82) is 0 Å². The number of carbonyl (C=O) groups excluding carboxylic acids is 1. The molecule has 0 atom stereocenters. The van der Waals surface area contributed by atoms with Gasteiger partial charge in [-0.25, -0.2) is 14.1 Å². The van der Waals surface area contributed by atoms with E-state index < -0.39 is 17.2 Å². The number of amides is 1. The standard InChI is InChI=1S/C25H17ClFN5O3/c1-31-12-9-18-22(8-11-28-24(18)31)35-17-5-2-15(3-6-17)29-25(34)23-21(33)10-13-32(30-23)16-4-7-19(26)20(27)14-16/h2-14H,1H3,(H,29,34). The average molecular weight is 490 g/mol. The van der Waals surface area contributed by atoms with Crippen LogP contribution in [0.4, 0.5) is 10.1 Å². The van der Waals surface area contributed by atoms with Gasteiger partial charge in [0, 0.05) is 43.5 Å². The van der Waals surface area contributed by atoms with E-state index in [1.807, 2.05) is 23.9 Å². The zero-order valence-corrected chi connectivity index (χ0v) is 19.0. The summed E-state index contributed by atoms with van der Waals surface area (Å²) in [4.78, 5) is 29.3. The van der Waals surface area contributed by atoms with Crippen molar-refractivity contribution < 1.29 is 13.9 Å². The van der Waals surface area contributed by atoms with E-state index in [2.05, 4.69) is 15.4 Å². The Kier molecular flexibility index (Phi) is 5.76. The first-order valence-corrected chi connectivity index (χ1v) is 10.8. The molecular weight excluding hydrogens is 473 g/mol. The molecule has 174 valence electrons. The molecule has 0 fully saturated rings. The van der Waals surface area contributed by atoms with Crippen molar-refractivity contribution in [2.75, 3.05) is 5.32 Å². The maximum absolute atomic E-state index is 13.8. The van der Waals surface area contributed by atoms with Crippen molar-refractivity contribution in [1.82, 2.24) is 19.3 Å². The van der Waals surface area contributed by atoms with Crippen molar-refractivity contribution in [2.24, 2.45) is 7.05 Å². The van der Waals surface area contributed by atoms with E-state index >= 15 is 0 Å². The first kappa shape index (κ1) is 22.3. The van der Waals surface area contributed by atoms with E-state index in [1.54, 1.807) is 36.5 Å². The number of hydrogen-bond acceptors (Lipinski definition) is 5. The Morgan fingerprint density at radius 1 is 1.06 bits per heavy atom. The van der Waals surface area contributed by atoms with Crippen LogP contribution in [0.1, 0.15) is 10.5 Å². The highest BCUT2D eigenvalue weighted by molar-refractivity contribution is 6.30. The van der Waals surface area contributed by atoms with Crippen LogP contribution in [0.3, 0.4) is 0 Å². The third kappa shape index (κ3) is 4.49. The van der Waals surface area contributed by atoms with E-state index in [-0.39, 0.29) is 10.7 Å². The van der Waals surface area contributed by atoms with Crippen molar-refractivity contribution in [3.63, 3.8) is 0 Å². The second-order valence-electron chi connectivity index (χ2n) is 7.63. The lowest BCUT2D eigenvalue weighted by molar-refractivity contribution is 0.101. The lowest BCUT2D eigenvalue weighted by Crippen LogP contribution is -2.25. The second-order valence-corrected chi connectivity index (χ2v) is 8.03. The molecule has 3 heterocycles. The number of ether oxygens (including phenoxy) is 1. The molecular formula is C25H17ClFN5O3. The van der Waals surface area contributed by atoms with Gasteiger partial charge < -0.3 is 14.6 Å². The number of carbonyl (C=O) groups is 1. The Bertz CT molecular complexity index is 1630. The topological polar surface area (TPSA) is 91.0 Å². The average Bonchev–Trinajstić information content (AvgIpc) is 3.24. The SMILES string of the molecule is Cn1ccc2c(Oc3ccc(NC(=O)c4nn(-c5ccc(Cl)c(F)c5)ccc4=O)cc3)ccnc21. The summed E-state index contributed by atoms with van der Waals surface area (Å²) in [6.07, 6.45) is 4.92. The first-order valence-electron chi connectivity index (χ1n) is 10.4. The highest BCUT2D eigenvalue weighted by atomic mass is 35.5. The number of hydrogen-bond donors (Lipinski definition) is 1. The number of pyridine rings is 1. The third-order valence-corrected chi connectivity index (χ3v) is 5.57. The van der Waals surface area contributed by atoms with Crippen LogP contribution < -0.4 is 15.5 Å². The molecule has 0 unspecified atom stereocenters. The number of benzene rings is 2. The van der Waals surface area contributed by atoms with Crippen molar-refractivity contribution in [3.8, 4) is 17.2 Å². The summed E-state index contributed by atoms with van der Waals surface area (Å²) in [5.41, 5.74) is 0.639. The van der Waals surface area contributed by atoms with Gasteiger partial charge in [-0.1, -0.05) is 11.6 Å². The third-order valence-electron chi connectivity index (χ3n) is 5.26. The molecule has 0 saturated carbocycles. The summed E-state index contributed by atoms with van der Waals surface area (Å²) in [6.45, 7) is 0. The number of aromatic nitrogens is 4. The Morgan fingerprint density at radius 2 is 1.86 bits per heavy atom. The lowest BCUT2D eigenvalue weighted by atomic mass is 10.2. The monoisotopic (exact) mass is 489 g/mol. The maximum atomic E-state index is 13.8. The van der Waals surface area contributed by atoms with Gasteiger partial charge in [0.2, 0.25) is 5.43 Å². The van der Waals surface area contributed by atoms with Gasteiger partial charge in [0.15, 0.2) is 5.69 Å². The van der Waals surface area contributed by atoms with Gasteiger partial charge in [-0.05, 0) is 48.5 Å². The number of nitrogens with zero attached hydrogens (tertiary/aromatic N) is 4. The quantitative estimate of drug-likeness (QED) is 0.377. The van der Waals surface area contributed by atoms with Crippen molar-refractivity contribution >= 4 is 34.2 Å². The molecule has 0 bridgehead atoms. The molecule has 35 heavy (non-hydrogen) atoms. The molecule has 0 aliphatic heterocycles. The van der Waals surface area contributed by atoms with Crippen molar-refractivity contribution in [2.45, 2.75) is 0 Å². The molecule has 0 spiro atoms. The summed E-state index contributed by atoms with van der Waals surface area (Å²) in [7, 11) is 1.90. The van der Waals surface area contributed by atoms with Gasteiger partial charge in [-0.15, -0.1) is 0 Å². The summed E-state index contributed by atoms with van der Waals surface area (Å²) < 4.78 is 22.9. The maximum Gasteiger partial charge on any atom is 0.280 e. The zero-order valence-electron chi connectivity index (χ0n) is 18.3. The fourth-order valence-corrected chi connectivity index (χ4v) is 3.61. The van der Waals surface area contributed by atoms with Gasteiger partial charge in [0.25, 0.3) is 5.91 Å². The fourth-order valence-electron chi connectivity index (χ4n) is 3.49. The molecule has 1 amide bonds. The fraction of sp³-hybridized carbons (Fsp3) is 0.0400. The molecule has 0 aliphatic rings. The Labute approximate surface area is 203 Å². The number of aryl methyl sites for hydroxylation is 1. The largest absolute Gasteiger partial charge is 0.457 e. The Morgan fingerprint density at radius 3 is 2.63 bits per heavy atom. The first-order chi connectivity index (χ1) is 16.9. The predicted octanol–water partition coefficient (Wildman–Crippen LogP) is 4.96. The minimum atomic E-state index is -0.701. The summed E-state index contributed by atoms with van der Waals surface area (Å²) in [5.74, 6) is -0.130. The molecule has 1 N–H and O–H groups in total. The van der Waals surface area contributed by atoms with Gasteiger partial charge in [-0.3, -0.25) is 9.59 Å². The Balaban J connectivity index is 1.34. The van der Waals surface area contributed by atoms with Crippen LogP contribution in [0.25, 0.3) is 16.7 Å². The van der Waals surface area contributed by atoms with E-state index in [0.717, 1.165) is 17.1 Å². The second kappa shape index (κ2) is 9.03. The molecule has 10 heteroatoms. The van der Waals surface area contributed by atoms with Crippen LogP contribution in [-0.2, 0) is 7.05 Å². The summed E-state index contributed by atoms with van der Waals surface area (Å²) >= 11 is 5.72. The van der Waals surface area contributed by atoms with Gasteiger partial charge in [0.1, 0.15) is 23.0 Å². The van der Waals surface area contributed by atoms with E-state index in [9.17, 15) is 14.0 Å². The zero-order chi connectivity index (χ0) is 24.5. The van der Waals surface area contributed by atoms with E-state index in [0.29, 0.717) is 22.9 Å². The molecule has 3 aromatic heterocycles. The molecule has 5 rings (SSSR count). The highest BCUT2D eigenvalue weighted by Crippen LogP contribution is 2.29. The number of nitrogens with one attached hydrogen (secondary N) is 1. The molecule has 5 aromatic rings. The van der Waals surface area contributed by atoms with Crippen LogP contribution >= 0.6 is 11.6 Å². The summed E-state index contributed by atoms with van der Waals surface area (Å²) in [6, 6.07) is 15.6. The highest BCUT2D eigenvalue weighted by Gasteiger charge is 2.15. The molecule has 8 nitrogen and oxygen atoms in total. The van der Waals surface area contributed by atoms with E-state index in [4.69, 9.17) is 16.3 Å². The molecule has 2 aromatic carbocycles. The molecule has 0 saturated heterocycles. The van der Waals surface area contributed by atoms with Crippen LogP contribution in [0.2, 0.25) is 5.02 Å². The Hall–Kier alpha value is -4.50. The molecule has 0 radical (unpaired) electrons. The van der Waals surface area contributed by atoms with Gasteiger partial charge in [0.05, 0.1) is 16.1 Å². The molecule has 0 aliphatic carbocycles. The summed E-state index contributed by atoms with van der Waals surface area (Å²) in [5, 5.41) is 7.54. The van der Waals surface area contributed by atoms with Crippen LogP contribution in [0.15, 0.2) is 84.0 Å². The lowest BCUT2D eigenvalue weighted by Gasteiger charge is -2.10. The van der Waals surface area contributed by atoms with Crippen LogP contribution in [0.5, 0.6) is 11.5 Å². The number of halogens is 2. The number of fused-ring (bicyclic) bond motifs is 1. The number of rotatable bonds is 5. The minimum Gasteiger partial charge on any atom is -0.457 e. The van der Waals surface area contributed by atoms with Crippen molar-refractivity contribution in [3.05, 3.63) is 106 Å². The predicted molar refractivity (Wildman–Crippen MR) is 130 cm³/mol. The van der Waals surface area contributed by atoms with E-state index in [1.165, 1.54) is 29.1 Å².